The Morgan fingerprint density at radius 3 is 0.919 bits per heavy atom. The molecule has 10 aliphatic rings. The van der Waals surface area contributed by atoms with E-state index in [0.29, 0.717) is 15.8 Å². The first kappa shape index (κ1) is 24.1. The maximum atomic E-state index is 2.43. The number of rotatable bonds is 22. The van der Waals surface area contributed by atoms with Crippen molar-refractivity contribution in [1.29, 1.82) is 0 Å². The molecule has 37 heavy (non-hydrogen) atoms. The number of fused-ring (bicyclic) bond motifs is 10. The fraction of sp³-hybridized carbons (Fsp3) is 1.00. The molecular formula is C34H60P2Ti. The van der Waals surface area contributed by atoms with Crippen LogP contribution in [-0.2, 0) is 8.89 Å². The summed E-state index contributed by atoms with van der Waals surface area (Å²) < 4.78 is 15.0. The van der Waals surface area contributed by atoms with Crippen LogP contribution in [0.1, 0.15) is 130 Å². The molecule has 0 aromatic heterocycles. The molecule has 0 bridgehead atoms. The predicted molar refractivity (Wildman–Crippen MR) is 165 cm³/mol. The topological polar surface area (TPSA) is 0 Å². The SMILES string of the molecule is CCCCCCP(CCCCCC)[C]12[CH]3[CH]4[CH]5[C]1(P(CCCCCC)CCCCCC)[Ti]43521678[CH]2[CH]1[CH]6[CH]7[CH]28. The molecule has 0 amide bonds. The standard InChI is InChI=1S/C29H55P2.C5H5.Ti/c1-5-9-13-17-24-30(25-18-14-10-6-2)28-22-21-23-29(28)31(26-19-15-11-7-3)27-20-16-12-8-4;1-2-4-5-3-1;/h21-23H,5-20,24-27H2,1-4H3;1-5H;. The Bertz CT molecular complexity index is 1190. The summed E-state index contributed by atoms with van der Waals surface area (Å²) in [6.45, 7) is 9.72. The normalized spacial score (nSPS) is 63.6. The molecule has 0 saturated carbocycles. The van der Waals surface area contributed by atoms with Gasteiger partial charge in [0.25, 0.3) is 0 Å². The first-order valence-electron chi connectivity index (χ1n) is 18.5. The van der Waals surface area contributed by atoms with Crippen LogP contribution in [-0.4, -0.2) is 31.6 Å². The average Bonchev–Trinajstić information content (AvgIpc) is 3.85. The van der Waals surface area contributed by atoms with Gasteiger partial charge in [-0.1, -0.05) is 0 Å². The first-order valence-corrected chi connectivity index (χ1v) is 30.7. The van der Waals surface area contributed by atoms with Crippen molar-refractivity contribution < 1.29 is 8.89 Å². The monoisotopic (exact) mass is 578 g/mol. The zero-order chi connectivity index (χ0) is 25.2. The van der Waals surface area contributed by atoms with Gasteiger partial charge < -0.3 is 0 Å². The van der Waals surface area contributed by atoms with Crippen LogP contribution in [0.2, 0.25) is 33.8 Å². The van der Waals surface area contributed by atoms with E-state index in [-0.39, 0.29) is 0 Å². The van der Waals surface area contributed by atoms with Crippen LogP contribution >= 0.6 is 15.8 Å². The molecule has 4 atom stereocenters. The van der Waals surface area contributed by atoms with Crippen LogP contribution in [0.3, 0.4) is 0 Å². The molecule has 10 rings (SSSR count). The third kappa shape index (κ3) is 0.679. The molecule has 10 aliphatic heterocycles. The second kappa shape index (κ2) is 4.26. The summed E-state index contributed by atoms with van der Waals surface area (Å²) in [6.07, 6.45) is 31.8. The molecule has 3 heteroatoms. The van der Waals surface area contributed by atoms with Gasteiger partial charge in [-0.15, -0.1) is 0 Å². The van der Waals surface area contributed by atoms with Gasteiger partial charge in [-0.3, -0.25) is 0 Å². The summed E-state index contributed by atoms with van der Waals surface area (Å²) >= 11 is 0. The van der Waals surface area contributed by atoms with Crippen molar-refractivity contribution in [3.05, 3.63) is 0 Å². The Hall–Kier alpha value is 1.57. The van der Waals surface area contributed by atoms with E-state index >= 15 is 0 Å². The van der Waals surface area contributed by atoms with Gasteiger partial charge in [0, 0.05) is 0 Å². The Labute approximate surface area is 219 Å². The summed E-state index contributed by atoms with van der Waals surface area (Å²) in [5.74, 6) is 0. The second-order valence-electron chi connectivity index (χ2n) is 21.0. The summed E-state index contributed by atoms with van der Waals surface area (Å²) in [6, 6.07) is 0. The summed E-state index contributed by atoms with van der Waals surface area (Å²) in [5, 5.41) is 0. The van der Waals surface area contributed by atoms with E-state index in [9.17, 15) is 0 Å². The Morgan fingerprint density at radius 1 is 0.405 bits per heavy atom. The van der Waals surface area contributed by atoms with Crippen molar-refractivity contribution >= 4 is 15.8 Å². The average molecular weight is 579 g/mol. The molecule has 10 saturated heterocycles. The molecule has 10 heterocycles. The zero-order valence-electron chi connectivity index (χ0n) is 25.2. The van der Waals surface area contributed by atoms with Crippen molar-refractivity contribution in [2.24, 2.45) is 0 Å². The van der Waals surface area contributed by atoms with E-state index < -0.39 is 8.89 Å². The molecule has 0 aromatic rings. The van der Waals surface area contributed by atoms with Crippen molar-refractivity contribution in [3.8, 4) is 0 Å². The van der Waals surface area contributed by atoms with E-state index in [4.69, 9.17) is 0 Å². The predicted octanol–water partition coefficient (Wildman–Crippen LogP) is 12.5. The first-order chi connectivity index (χ1) is 18.0. The fourth-order valence-electron chi connectivity index (χ4n) is 30.0. The third-order valence-electron chi connectivity index (χ3n) is 26.4. The molecule has 0 nitrogen and oxygen atoms in total. The Morgan fingerprint density at radius 2 is 0.703 bits per heavy atom. The molecule has 0 N–H and O–H groups in total. The number of hydrogen-bond acceptors (Lipinski definition) is 0. The molecule has 0 aromatic carbocycles. The molecule has 4 unspecified atom stereocenters. The number of hydrogen-bond donors (Lipinski definition) is 0. The van der Waals surface area contributed by atoms with Crippen LogP contribution in [0.15, 0.2) is 0 Å². The molecule has 1 spiro atoms. The van der Waals surface area contributed by atoms with Gasteiger partial charge in [0.1, 0.15) is 0 Å². The minimum atomic E-state index is -3.74. The molecular weight excluding hydrogens is 518 g/mol. The molecule has 210 valence electrons. The van der Waals surface area contributed by atoms with Gasteiger partial charge in [-0.2, -0.15) is 0 Å². The molecule has 0 radical (unpaired) electrons. The zero-order valence-corrected chi connectivity index (χ0v) is 28.5. The van der Waals surface area contributed by atoms with Crippen LogP contribution < -0.4 is 0 Å². The van der Waals surface area contributed by atoms with Gasteiger partial charge in [0.15, 0.2) is 0 Å². The van der Waals surface area contributed by atoms with Crippen LogP contribution in [0.25, 0.3) is 0 Å². The van der Waals surface area contributed by atoms with Crippen LogP contribution in [0.5, 0.6) is 0 Å². The van der Waals surface area contributed by atoms with E-state index in [1.165, 1.54) is 58.3 Å². The Balaban J connectivity index is 1.02. The van der Waals surface area contributed by atoms with E-state index in [1.54, 1.807) is 110 Å². The summed E-state index contributed by atoms with van der Waals surface area (Å²) in [7, 11) is -2.96. The Kier molecular flexibility index (Phi) is 2.77. The van der Waals surface area contributed by atoms with Crippen molar-refractivity contribution in [2.75, 3.05) is 24.6 Å². The van der Waals surface area contributed by atoms with Crippen molar-refractivity contribution in [3.63, 3.8) is 0 Å². The van der Waals surface area contributed by atoms with Gasteiger partial charge >= 0.3 is 221 Å². The van der Waals surface area contributed by atoms with Crippen molar-refractivity contribution in [2.45, 2.75) is 171 Å². The van der Waals surface area contributed by atoms with Crippen LogP contribution in [0, 0.1) is 0 Å². The van der Waals surface area contributed by atoms with Gasteiger partial charge in [0.05, 0.1) is 0 Å². The quantitative estimate of drug-likeness (QED) is 0.0681. The van der Waals surface area contributed by atoms with E-state index in [0.717, 1.165) is 0 Å². The third-order valence-corrected chi connectivity index (χ3v) is 106. The van der Waals surface area contributed by atoms with Gasteiger partial charge in [-0.05, 0) is 0 Å². The van der Waals surface area contributed by atoms with Gasteiger partial charge in [0.2, 0.25) is 0 Å². The van der Waals surface area contributed by atoms with E-state index in [1.807, 2.05) is 0 Å². The summed E-state index contributed by atoms with van der Waals surface area (Å²) in [5.41, 5.74) is 0. The second-order valence-corrected chi connectivity index (χ2v) is 60.5. The van der Waals surface area contributed by atoms with E-state index in [2.05, 4.69) is 27.7 Å². The summed E-state index contributed by atoms with van der Waals surface area (Å²) in [4.78, 5) is 0. The van der Waals surface area contributed by atoms with Gasteiger partial charge in [-0.25, -0.2) is 0 Å². The fourth-order valence-corrected chi connectivity index (χ4v) is 200. The minimum absolute atomic E-state index is 0.392. The number of unbranched alkanes of at least 4 members (excludes halogenated alkanes) is 12. The molecule has 10 fully saturated rings. The van der Waals surface area contributed by atoms with Crippen molar-refractivity contribution in [1.82, 2.24) is 0 Å². The van der Waals surface area contributed by atoms with Crippen LogP contribution in [0.4, 0.5) is 0 Å². The maximum absolute atomic E-state index is 3.74. The molecule has 0 aliphatic carbocycles.